The molecule has 0 aromatic heterocycles. The second-order valence-electron chi connectivity index (χ2n) is 4.42. The number of thiocarbonyl (C=S) groups is 1. The van der Waals surface area contributed by atoms with E-state index in [4.69, 9.17) is 22.7 Å². The van der Waals surface area contributed by atoms with Gasteiger partial charge >= 0.3 is 0 Å². The van der Waals surface area contributed by atoms with Crippen LogP contribution in [0, 0.1) is 0 Å². The van der Waals surface area contributed by atoms with Gasteiger partial charge in [-0.25, -0.2) is 0 Å². The summed E-state index contributed by atoms with van der Waals surface area (Å²) in [6.07, 6.45) is 1.63. The third-order valence-electron chi connectivity index (χ3n) is 3.29. The van der Waals surface area contributed by atoms with Crippen molar-refractivity contribution >= 4 is 23.1 Å². The molecule has 1 aliphatic rings. The highest BCUT2D eigenvalue weighted by Gasteiger charge is 2.32. The lowest BCUT2D eigenvalue weighted by atomic mass is 10.1. The molecule has 1 aromatic carbocycles. The van der Waals surface area contributed by atoms with Gasteiger partial charge in [-0.15, -0.1) is 0 Å². The first-order valence-electron chi connectivity index (χ1n) is 6.02. The fourth-order valence-corrected chi connectivity index (χ4v) is 2.57. The Kier molecular flexibility index (Phi) is 3.90. The highest BCUT2D eigenvalue weighted by molar-refractivity contribution is 7.80. The summed E-state index contributed by atoms with van der Waals surface area (Å²) in [5.74, 6) is -0.146. The SMILES string of the molecule is COc1cccc(C(=O)N2CCCC2C(N)=S)c1O. The number of hydrogen-bond acceptors (Lipinski definition) is 4. The van der Waals surface area contributed by atoms with E-state index >= 15 is 0 Å². The molecule has 2 rings (SSSR count). The summed E-state index contributed by atoms with van der Waals surface area (Å²) in [6, 6.07) is 4.60. The highest BCUT2D eigenvalue weighted by atomic mass is 32.1. The van der Waals surface area contributed by atoms with Crippen LogP contribution in [0.5, 0.6) is 11.5 Å². The van der Waals surface area contributed by atoms with Crippen molar-refractivity contribution in [2.24, 2.45) is 5.73 Å². The molecule has 3 N–H and O–H groups in total. The number of likely N-dealkylation sites (tertiary alicyclic amines) is 1. The summed E-state index contributed by atoms with van der Waals surface area (Å²) in [7, 11) is 1.44. The zero-order valence-electron chi connectivity index (χ0n) is 10.6. The highest BCUT2D eigenvalue weighted by Crippen LogP contribution is 2.31. The van der Waals surface area contributed by atoms with Crippen molar-refractivity contribution < 1.29 is 14.6 Å². The predicted molar refractivity (Wildman–Crippen MR) is 75.5 cm³/mol. The van der Waals surface area contributed by atoms with Crippen LogP contribution in [0.1, 0.15) is 23.2 Å². The molecule has 1 aromatic rings. The van der Waals surface area contributed by atoms with Gasteiger partial charge in [-0.2, -0.15) is 0 Å². The van der Waals surface area contributed by atoms with Crippen molar-refractivity contribution in [3.63, 3.8) is 0 Å². The minimum absolute atomic E-state index is 0.149. The lowest BCUT2D eigenvalue weighted by Gasteiger charge is -2.24. The molecule has 0 saturated carbocycles. The summed E-state index contributed by atoms with van der Waals surface area (Å²) < 4.78 is 5.00. The van der Waals surface area contributed by atoms with Gasteiger partial charge in [-0.05, 0) is 25.0 Å². The number of methoxy groups -OCH3 is 1. The fourth-order valence-electron chi connectivity index (χ4n) is 2.32. The van der Waals surface area contributed by atoms with Crippen LogP contribution in [0.2, 0.25) is 0 Å². The molecule has 0 radical (unpaired) electrons. The molecular formula is C13H16N2O3S. The Bertz CT molecular complexity index is 519. The second-order valence-corrected chi connectivity index (χ2v) is 4.89. The summed E-state index contributed by atoms with van der Waals surface area (Å²) in [5.41, 5.74) is 5.86. The quantitative estimate of drug-likeness (QED) is 0.816. The Morgan fingerprint density at radius 3 is 2.95 bits per heavy atom. The van der Waals surface area contributed by atoms with Crippen LogP contribution in [0.15, 0.2) is 18.2 Å². The molecule has 1 aliphatic heterocycles. The molecule has 1 amide bonds. The molecule has 1 atom stereocenters. The van der Waals surface area contributed by atoms with Crippen molar-refractivity contribution in [1.82, 2.24) is 4.90 Å². The molecule has 5 nitrogen and oxygen atoms in total. The number of nitrogens with two attached hydrogens (primary N) is 1. The zero-order valence-corrected chi connectivity index (χ0v) is 11.4. The Labute approximate surface area is 117 Å². The smallest absolute Gasteiger partial charge is 0.258 e. The van der Waals surface area contributed by atoms with E-state index in [9.17, 15) is 9.90 Å². The third-order valence-corrected chi connectivity index (χ3v) is 3.56. The molecule has 0 bridgehead atoms. The van der Waals surface area contributed by atoms with E-state index in [1.54, 1.807) is 23.1 Å². The van der Waals surface area contributed by atoms with Crippen LogP contribution in [0.4, 0.5) is 0 Å². The molecule has 19 heavy (non-hydrogen) atoms. The maximum Gasteiger partial charge on any atom is 0.258 e. The maximum absolute atomic E-state index is 12.4. The number of phenolic OH excluding ortho intramolecular Hbond substituents is 1. The summed E-state index contributed by atoms with van der Waals surface area (Å²) in [4.78, 5) is 14.4. The van der Waals surface area contributed by atoms with Gasteiger partial charge in [-0.3, -0.25) is 4.79 Å². The second kappa shape index (κ2) is 5.44. The van der Waals surface area contributed by atoms with Gasteiger partial charge in [0.05, 0.1) is 23.7 Å². The Balaban J connectivity index is 2.32. The van der Waals surface area contributed by atoms with Gasteiger partial charge in [0.15, 0.2) is 11.5 Å². The number of aromatic hydroxyl groups is 1. The first kappa shape index (κ1) is 13.6. The largest absolute Gasteiger partial charge is 0.504 e. The number of carbonyl (C=O) groups excluding carboxylic acids is 1. The molecule has 6 heteroatoms. The number of carbonyl (C=O) groups is 1. The van der Waals surface area contributed by atoms with Crippen molar-refractivity contribution in [2.75, 3.05) is 13.7 Å². The standard InChI is InChI=1S/C13H16N2O3S/c1-18-10-6-2-4-8(11(10)16)13(17)15-7-3-5-9(15)12(14)19/h2,4,6,9,16H,3,5,7H2,1H3,(H2,14,19). The Morgan fingerprint density at radius 2 is 2.32 bits per heavy atom. The molecule has 1 fully saturated rings. The van der Waals surface area contributed by atoms with E-state index in [1.165, 1.54) is 7.11 Å². The number of hydrogen-bond donors (Lipinski definition) is 2. The number of amides is 1. The lowest BCUT2D eigenvalue weighted by molar-refractivity contribution is 0.0766. The average Bonchev–Trinajstić information content (AvgIpc) is 2.87. The number of phenols is 1. The molecule has 1 unspecified atom stereocenters. The number of benzene rings is 1. The van der Waals surface area contributed by atoms with E-state index < -0.39 is 0 Å². The van der Waals surface area contributed by atoms with Crippen LogP contribution in [0.25, 0.3) is 0 Å². The van der Waals surface area contributed by atoms with Gasteiger partial charge in [0.25, 0.3) is 5.91 Å². The van der Waals surface area contributed by atoms with E-state index in [1.807, 2.05) is 0 Å². The van der Waals surface area contributed by atoms with Crippen molar-refractivity contribution in [3.8, 4) is 11.5 Å². The van der Waals surface area contributed by atoms with Crippen LogP contribution >= 0.6 is 12.2 Å². The Hall–Kier alpha value is -1.82. The molecule has 0 spiro atoms. The average molecular weight is 280 g/mol. The topological polar surface area (TPSA) is 75.8 Å². The van der Waals surface area contributed by atoms with Crippen LogP contribution in [-0.4, -0.2) is 40.6 Å². The summed E-state index contributed by atoms with van der Waals surface area (Å²) >= 11 is 4.98. The predicted octanol–water partition coefficient (Wildman–Crippen LogP) is 1.29. The van der Waals surface area contributed by atoms with Crippen LogP contribution < -0.4 is 10.5 Å². The molecule has 1 heterocycles. The van der Waals surface area contributed by atoms with Crippen LogP contribution in [0.3, 0.4) is 0 Å². The van der Waals surface area contributed by atoms with E-state index in [0.717, 1.165) is 12.8 Å². The Morgan fingerprint density at radius 1 is 1.58 bits per heavy atom. The van der Waals surface area contributed by atoms with E-state index in [2.05, 4.69) is 0 Å². The first-order valence-corrected chi connectivity index (χ1v) is 6.43. The van der Waals surface area contributed by atoms with Crippen LogP contribution in [-0.2, 0) is 0 Å². The van der Waals surface area contributed by atoms with Crippen molar-refractivity contribution in [3.05, 3.63) is 23.8 Å². The third kappa shape index (κ3) is 2.49. The van der Waals surface area contributed by atoms with E-state index in [0.29, 0.717) is 11.5 Å². The number of nitrogens with zero attached hydrogens (tertiary/aromatic N) is 1. The van der Waals surface area contributed by atoms with Gasteiger partial charge in [0, 0.05) is 6.54 Å². The van der Waals surface area contributed by atoms with Crippen molar-refractivity contribution in [1.29, 1.82) is 0 Å². The monoisotopic (exact) mass is 280 g/mol. The minimum atomic E-state index is -0.272. The minimum Gasteiger partial charge on any atom is -0.504 e. The fraction of sp³-hybridized carbons (Fsp3) is 0.385. The first-order chi connectivity index (χ1) is 9.06. The molecule has 1 saturated heterocycles. The lowest BCUT2D eigenvalue weighted by Crippen LogP contribution is -2.42. The van der Waals surface area contributed by atoms with Gasteiger partial charge in [0.1, 0.15) is 0 Å². The maximum atomic E-state index is 12.4. The van der Waals surface area contributed by atoms with Gasteiger partial charge in [-0.1, -0.05) is 18.3 Å². The van der Waals surface area contributed by atoms with Gasteiger partial charge in [0.2, 0.25) is 0 Å². The number of rotatable bonds is 3. The van der Waals surface area contributed by atoms with E-state index in [-0.39, 0.29) is 29.0 Å². The van der Waals surface area contributed by atoms with Gasteiger partial charge < -0.3 is 20.5 Å². The molecule has 102 valence electrons. The zero-order chi connectivity index (χ0) is 14.0. The number of ether oxygens (including phenoxy) is 1. The molecular weight excluding hydrogens is 264 g/mol. The molecule has 0 aliphatic carbocycles. The number of para-hydroxylation sites is 1. The summed E-state index contributed by atoms with van der Waals surface area (Å²) in [6.45, 7) is 0.595. The van der Waals surface area contributed by atoms with Crippen molar-refractivity contribution in [2.45, 2.75) is 18.9 Å². The normalized spacial score (nSPS) is 18.4. The summed E-state index contributed by atoms with van der Waals surface area (Å²) in [5, 5.41) is 10.0.